The van der Waals surface area contributed by atoms with E-state index >= 15 is 0 Å². The highest BCUT2D eigenvalue weighted by atomic mass is 19.1. The molecule has 0 saturated carbocycles. The van der Waals surface area contributed by atoms with E-state index in [2.05, 4.69) is 16.6 Å². The fourth-order valence-corrected chi connectivity index (χ4v) is 4.32. The number of nitrogens with one attached hydrogen (secondary N) is 2. The molecular formula is C29H26FN3O5. The molecule has 38 heavy (non-hydrogen) atoms. The maximum absolute atomic E-state index is 14.6. The van der Waals surface area contributed by atoms with Crippen LogP contribution in [0.3, 0.4) is 0 Å². The van der Waals surface area contributed by atoms with Gasteiger partial charge in [0.1, 0.15) is 30.3 Å². The highest BCUT2D eigenvalue weighted by molar-refractivity contribution is 6.10. The molecule has 9 heteroatoms. The number of urea groups is 1. The second-order valence-electron chi connectivity index (χ2n) is 8.70. The average Bonchev–Trinajstić information content (AvgIpc) is 3.22. The summed E-state index contributed by atoms with van der Waals surface area (Å²) in [5, 5.41) is 14.1. The first-order chi connectivity index (χ1) is 18.3. The van der Waals surface area contributed by atoms with E-state index in [1.165, 1.54) is 12.1 Å². The average molecular weight is 516 g/mol. The normalized spacial score (nSPS) is 16.4. The third kappa shape index (κ3) is 5.51. The number of rotatable bonds is 9. The van der Waals surface area contributed by atoms with Crippen molar-refractivity contribution in [1.29, 1.82) is 0 Å². The highest BCUT2D eigenvalue weighted by Crippen LogP contribution is 2.32. The Labute approximate surface area is 219 Å². The number of carbonyl (C=O) groups excluding carboxylic acids is 3. The van der Waals surface area contributed by atoms with Crippen LogP contribution in [0, 0.1) is 18.2 Å². The number of halogens is 1. The highest BCUT2D eigenvalue weighted by Gasteiger charge is 2.47. The van der Waals surface area contributed by atoms with Crippen molar-refractivity contribution in [3.63, 3.8) is 0 Å². The first-order valence-electron chi connectivity index (χ1n) is 11.9. The smallest absolute Gasteiger partial charge is 0.325 e. The number of aliphatic hydroxyl groups is 1. The third-order valence-corrected chi connectivity index (χ3v) is 6.28. The van der Waals surface area contributed by atoms with Gasteiger partial charge in [-0.1, -0.05) is 55.3 Å². The molecule has 8 nitrogen and oxygen atoms in total. The minimum Gasteiger partial charge on any atom is -0.491 e. The number of ether oxygens (including phenoxy) is 1. The quantitative estimate of drug-likeness (QED) is 0.298. The van der Waals surface area contributed by atoms with Crippen molar-refractivity contribution in [1.82, 2.24) is 10.2 Å². The van der Waals surface area contributed by atoms with Gasteiger partial charge in [0.05, 0.1) is 12.3 Å². The van der Waals surface area contributed by atoms with Crippen LogP contribution in [-0.4, -0.2) is 47.1 Å². The lowest BCUT2D eigenvalue weighted by Crippen LogP contribution is -2.50. The summed E-state index contributed by atoms with van der Waals surface area (Å²) in [4.78, 5) is 41.1. The van der Waals surface area contributed by atoms with E-state index in [-0.39, 0.29) is 18.9 Å². The molecule has 3 atom stereocenters. The van der Waals surface area contributed by atoms with Crippen molar-refractivity contribution in [3.8, 4) is 18.1 Å². The van der Waals surface area contributed by atoms with Gasteiger partial charge in [-0.2, -0.15) is 0 Å². The molecule has 4 rings (SSSR count). The minimum absolute atomic E-state index is 0.118. The molecule has 1 aliphatic rings. The molecule has 1 fully saturated rings. The molecule has 2 unspecified atom stereocenters. The van der Waals surface area contributed by atoms with Crippen molar-refractivity contribution < 1.29 is 28.6 Å². The predicted molar refractivity (Wildman–Crippen MR) is 139 cm³/mol. The van der Waals surface area contributed by atoms with Gasteiger partial charge >= 0.3 is 6.03 Å². The number of hydrogen-bond acceptors (Lipinski definition) is 5. The van der Waals surface area contributed by atoms with Gasteiger partial charge in [-0.3, -0.25) is 9.59 Å². The van der Waals surface area contributed by atoms with Gasteiger partial charge in [-0.15, -0.1) is 6.42 Å². The molecule has 3 N–H and O–H groups in total. The van der Waals surface area contributed by atoms with Gasteiger partial charge in [0.25, 0.3) is 5.91 Å². The number of hydrogen-bond donors (Lipinski definition) is 3. The fourth-order valence-electron chi connectivity index (χ4n) is 4.32. The maximum atomic E-state index is 14.6. The molecule has 0 radical (unpaired) electrons. The first-order valence-corrected chi connectivity index (χ1v) is 11.9. The summed E-state index contributed by atoms with van der Waals surface area (Å²) in [6, 6.07) is 16.3. The predicted octanol–water partition coefficient (Wildman–Crippen LogP) is 3.58. The number of nitrogens with zero attached hydrogens (tertiary/aromatic N) is 1. The van der Waals surface area contributed by atoms with Gasteiger partial charge in [-0.05, 0) is 41.5 Å². The van der Waals surface area contributed by atoms with Crippen LogP contribution in [0.2, 0.25) is 0 Å². The number of imide groups is 1. The van der Waals surface area contributed by atoms with Crippen LogP contribution in [0.1, 0.15) is 35.6 Å². The van der Waals surface area contributed by atoms with E-state index in [1.807, 2.05) is 6.07 Å². The monoisotopic (exact) mass is 515 g/mol. The lowest BCUT2D eigenvalue weighted by Gasteiger charge is -2.30. The largest absolute Gasteiger partial charge is 0.491 e. The molecule has 4 amide bonds. The van der Waals surface area contributed by atoms with E-state index in [0.717, 1.165) is 11.0 Å². The SMILES string of the molecule is C#Cc1ccc(NC(=O)C([C@@H](C)c2ccccc2)N2C(=O)NC(c3ccc(OCCO)cc3)C2=O)c(F)c1. The van der Waals surface area contributed by atoms with Crippen LogP contribution < -0.4 is 15.4 Å². The molecule has 3 aromatic carbocycles. The Hall–Kier alpha value is -4.68. The van der Waals surface area contributed by atoms with Gasteiger partial charge in [0, 0.05) is 11.5 Å². The molecule has 0 bridgehead atoms. The van der Waals surface area contributed by atoms with Gasteiger partial charge in [0.2, 0.25) is 5.91 Å². The summed E-state index contributed by atoms with van der Waals surface area (Å²) in [6.07, 6.45) is 5.32. The zero-order valence-electron chi connectivity index (χ0n) is 20.6. The van der Waals surface area contributed by atoms with Crippen LogP contribution in [0.15, 0.2) is 72.8 Å². The van der Waals surface area contributed by atoms with E-state index in [1.54, 1.807) is 55.5 Å². The zero-order valence-corrected chi connectivity index (χ0v) is 20.6. The van der Waals surface area contributed by atoms with Crippen LogP contribution in [0.5, 0.6) is 5.75 Å². The lowest BCUT2D eigenvalue weighted by molar-refractivity contribution is -0.134. The Kier molecular flexibility index (Phi) is 8.04. The second-order valence-corrected chi connectivity index (χ2v) is 8.70. The Morgan fingerprint density at radius 1 is 1.16 bits per heavy atom. The van der Waals surface area contributed by atoms with E-state index in [0.29, 0.717) is 22.4 Å². The second kappa shape index (κ2) is 11.6. The van der Waals surface area contributed by atoms with Crippen molar-refractivity contribution in [2.45, 2.75) is 24.9 Å². The molecule has 1 saturated heterocycles. The molecule has 0 aromatic heterocycles. The summed E-state index contributed by atoms with van der Waals surface area (Å²) in [5.41, 5.74) is 1.38. The van der Waals surface area contributed by atoms with Crippen LogP contribution >= 0.6 is 0 Å². The molecule has 194 valence electrons. The summed E-state index contributed by atoms with van der Waals surface area (Å²) in [5.74, 6) is 0.106. The Balaban J connectivity index is 1.64. The number of aliphatic hydroxyl groups excluding tert-OH is 1. The molecule has 1 heterocycles. The minimum atomic E-state index is -1.28. The zero-order chi connectivity index (χ0) is 27.2. The van der Waals surface area contributed by atoms with Crippen molar-refractivity contribution in [3.05, 3.63) is 95.3 Å². The van der Waals surface area contributed by atoms with E-state index in [9.17, 15) is 18.8 Å². The van der Waals surface area contributed by atoms with E-state index < -0.39 is 41.7 Å². The summed E-state index contributed by atoms with van der Waals surface area (Å²) >= 11 is 0. The molecule has 0 spiro atoms. The van der Waals surface area contributed by atoms with Crippen molar-refractivity contribution >= 4 is 23.5 Å². The van der Waals surface area contributed by atoms with E-state index in [4.69, 9.17) is 16.3 Å². The number of carbonyl (C=O) groups is 3. The molecular weight excluding hydrogens is 489 g/mol. The number of amides is 4. The summed E-state index contributed by atoms with van der Waals surface area (Å²) in [7, 11) is 0. The fraction of sp³-hybridized carbons (Fsp3) is 0.207. The van der Waals surface area contributed by atoms with Gasteiger partial charge in [0.15, 0.2) is 0 Å². The topological polar surface area (TPSA) is 108 Å². The number of terminal acetylenes is 1. The summed E-state index contributed by atoms with van der Waals surface area (Å²) in [6.45, 7) is 1.69. The maximum Gasteiger partial charge on any atom is 0.325 e. The summed E-state index contributed by atoms with van der Waals surface area (Å²) < 4.78 is 20.0. The van der Waals surface area contributed by atoms with Gasteiger partial charge < -0.3 is 20.5 Å². The first kappa shape index (κ1) is 26.4. The standard InChI is InChI=1S/C29H26FN3O5/c1-3-19-9-14-24(23(30)17-19)31-27(35)26(18(2)20-7-5-4-6-8-20)33-28(36)25(32-29(33)37)21-10-12-22(13-11-21)38-16-15-34/h1,4-14,17-18,25-26,34H,15-16H2,2H3,(H,31,35)(H,32,37)/t18-,25?,26?/m0/s1. The Morgan fingerprint density at radius 2 is 1.87 bits per heavy atom. The third-order valence-electron chi connectivity index (χ3n) is 6.28. The van der Waals surface area contributed by atoms with Crippen LogP contribution in [0.4, 0.5) is 14.9 Å². The number of anilines is 1. The van der Waals surface area contributed by atoms with Crippen molar-refractivity contribution in [2.75, 3.05) is 18.5 Å². The van der Waals surface area contributed by atoms with Gasteiger partial charge in [-0.25, -0.2) is 14.1 Å². The lowest BCUT2D eigenvalue weighted by atomic mass is 9.91. The molecule has 0 aliphatic carbocycles. The van der Waals surface area contributed by atoms with Crippen LogP contribution in [0.25, 0.3) is 0 Å². The number of benzene rings is 3. The Morgan fingerprint density at radius 3 is 2.50 bits per heavy atom. The molecule has 3 aromatic rings. The Bertz CT molecular complexity index is 1370. The molecule has 1 aliphatic heterocycles. The van der Waals surface area contributed by atoms with Crippen molar-refractivity contribution in [2.24, 2.45) is 0 Å². The van der Waals surface area contributed by atoms with Crippen LogP contribution in [-0.2, 0) is 9.59 Å².